The Balaban J connectivity index is 1.29. The quantitative estimate of drug-likeness (QED) is 0.228. The van der Waals surface area contributed by atoms with Crippen molar-refractivity contribution in [1.82, 2.24) is 9.13 Å². The Kier molecular flexibility index (Phi) is 5.04. The lowest BCUT2D eigenvalue weighted by Crippen LogP contribution is -2.11. The lowest BCUT2D eigenvalue weighted by Gasteiger charge is -2.22. The molecule has 6 aromatic carbocycles. The van der Waals surface area contributed by atoms with Crippen LogP contribution in [0.2, 0.25) is 0 Å². The molecule has 190 valence electrons. The summed E-state index contributed by atoms with van der Waals surface area (Å²) in [6.45, 7) is 0. The Labute approximate surface area is 232 Å². The fraction of sp³-hybridized carbons (Fsp3) is 0.0270. The third-order valence-corrected chi connectivity index (χ3v) is 8.12. The van der Waals surface area contributed by atoms with Crippen LogP contribution in [0.4, 0.5) is 11.4 Å². The highest BCUT2D eigenvalue weighted by atomic mass is 15.1. The van der Waals surface area contributed by atoms with Crippen LogP contribution in [0.3, 0.4) is 0 Å². The summed E-state index contributed by atoms with van der Waals surface area (Å²) in [6, 6.07) is 52.2. The third-order valence-electron chi connectivity index (χ3n) is 8.12. The van der Waals surface area contributed by atoms with Crippen molar-refractivity contribution in [2.24, 2.45) is 0 Å². The van der Waals surface area contributed by atoms with E-state index < -0.39 is 0 Å². The SMILES string of the molecule is CN(c1ccc(-n2c3ccccc3c3ccccc32)cc1)c1cccc2c3ccccc3n(-c3ccccc3)c12. The summed E-state index contributed by atoms with van der Waals surface area (Å²) in [5.41, 5.74) is 9.51. The topological polar surface area (TPSA) is 13.1 Å². The average molecular weight is 514 g/mol. The zero-order chi connectivity index (χ0) is 26.6. The molecule has 2 aromatic heterocycles. The summed E-state index contributed by atoms with van der Waals surface area (Å²) in [5, 5.41) is 5.07. The number of fused-ring (bicyclic) bond motifs is 6. The predicted octanol–water partition coefficient (Wildman–Crippen LogP) is 9.65. The first-order chi connectivity index (χ1) is 19.8. The van der Waals surface area contributed by atoms with E-state index in [4.69, 9.17) is 0 Å². The average Bonchev–Trinajstić information content (AvgIpc) is 3.54. The zero-order valence-corrected chi connectivity index (χ0v) is 22.2. The Bertz CT molecular complexity index is 2110. The molecule has 0 bridgehead atoms. The maximum Gasteiger partial charge on any atom is 0.0778 e. The number of benzene rings is 6. The number of rotatable bonds is 4. The molecule has 0 amide bonds. The van der Waals surface area contributed by atoms with E-state index >= 15 is 0 Å². The maximum absolute atomic E-state index is 2.39. The minimum atomic E-state index is 1.14. The van der Waals surface area contributed by atoms with Crippen molar-refractivity contribution in [2.45, 2.75) is 0 Å². The minimum Gasteiger partial charge on any atom is -0.343 e. The van der Waals surface area contributed by atoms with E-state index in [1.54, 1.807) is 0 Å². The van der Waals surface area contributed by atoms with Crippen LogP contribution in [0.15, 0.2) is 146 Å². The van der Waals surface area contributed by atoms with E-state index in [9.17, 15) is 0 Å². The van der Waals surface area contributed by atoms with Crippen LogP contribution < -0.4 is 4.90 Å². The number of aromatic nitrogens is 2. The Morgan fingerprint density at radius 2 is 0.875 bits per heavy atom. The highest BCUT2D eigenvalue weighted by Gasteiger charge is 2.18. The van der Waals surface area contributed by atoms with Gasteiger partial charge in [-0.3, -0.25) is 0 Å². The Morgan fingerprint density at radius 1 is 0.400 bits per heavy atom. The summed E-state index contributed by atoms with van der Waals surface area (Å²) in [6.07, 6.45) is 0. The number of nitrogens with zero attached hydrogens (tertiary/aromatic N) is 3. The van der Waals surface area contributed by atoms with Gasteiger partial charge in [0.2, 0.25) is 0 Å². The van der Waals surface area contributed by atoms with Gasteiger partial charge in [-0.2, -0.15) is 0 Å². The molecule has 3 heteroatoms. The van der Waals surface area contributed by atoms with Crippen molar-refractivity contribution in [1.29, 1.82) is 0 Å². The van der Waals surface area contributed by atoms with Gasteiger partial charge in [-0.25, -0.2) is 0 Å². The standard InChI is InChI=1S/C37H27N3/c1-38(26-22-24-28(25-23-26)39-33-18-8-5-14-29(33)30-15-6-9-19-34(30)39)36-21-11-17-32-31-16-7-10-20-35(31)40(37(32)36)27-12-3-2-4-13-27/h2-25H,1H3. The van der Waals surface area contributed by atoms with Gasteiger partial charge in [0.1, 0.15) is 0 Å². The second-order valence-corrected chi connectivity index (χ2v) is 10.3. The number of para-hydroxylation sites is 5. The van der Waals surface area contributed by atoms with Crippen molar-refractivity contribution >= 4 is 55.0 Å². The van der Waals surface area contributed by atoms with Gasteiger partial charge in [-0.15, -0.1) is 0 Å². The molecule has 0 fully saturated rings. The van der Waals surface area contributed by atoms with Gasteiger partial charge in [0.05, 0.1) is 27.8 Å². The van der Waals surface area contributed by atoms with Gasteiger partial charge in [-0.1, -0.05) is 84.9 Å². The van der Waals surface area contributed by atoms with Crippen molar-refractivity contribution in [3.8, 4) is 11.4 Å². The summed E-state index contributed by atoms with van der Waals surface area (Å²) in [7, 11) is 2.16. The van der Waals surface area contributed by atoms with E-state index in [-0.39, 0.29) is 0 Å². The molecule has 0 unspecified atom stereocenters. The van der Waals surface area contributed by atoms with Gasteiger partial charge < -0.3 is 14.0 Å². The van der Waals surface area contributed by atoms with E-state index in [2.05, 4.69) is 167 Å². The molecule has 8 aromatic rings. The lowest BCUT2D eigenvalue weighted by molar-refractivity contribution is 1.14. The fourth-order valence-electron chi connectivity index (χ4n) is 6.28. The summed E-state index contributed by atoms with van der Waals surface area (Å²) in [5.74, 6) is 0. The van der Waals surface area contributed by atoms with E-state index in [1.807, 2.05) is 0 Å². The molecule has 8 rings (SSSR count). The van der Waals surface area contributed by atoms with Crippen molar-refractivity contribution in [3.05, 3.63) is 146 Å². The summed E-state index contributed by atoms with van der Waals surface area (Å²) < 4.78 is 4.76. The first-order valence-corrected chi connectivity index (χ1v) is 13.7. The predicted molar refractivity (Wildman–Crippen MR) is 170 cm³/mol. The van der Waals surface area contributed by atoms with Crippen LogP contribution in [0.1, 0.15) is 0 Å². The van der Waals surface area contributed by atoms with Gasteiger partial charge in [-0.05, 0) is 60.7 Å². The molecular formula is C37H27N3. The highest BCUT2D eigenvalue weighted by Crippen LogP contribution is 2.39. The second kappa shape index (κ2) is 8.89. The maximum atomic E-state index is 2.39. The first-order valence-electron chi connectivity index (χ1n) is 13.7. The number of anilines is 2. The van der Waals surface area contributed by atoms with E-state index in [0.717, 1.165) is 17.1 Å². The molecule has 0 saturated carbocycles. The normalized spacial score (nSPS) is 11.6. The zero-order valence-electron chi connectivity index (χ0n) is 22.2. The molecule has 0 N–H and O–H groups in total. The molecule has 0 aliphatic rings. The van der Waals surface area contributed by atoms with Gasteiger partial charge >= 0.3 is 0 Å². The van der Waals surface area contributed by atoms with Crippen molar-refractivity contribution < 1.29 is 0 Å². The van der Waals surface area contributed by atoms with Crippen LogP contribution >= 0.6 is 0 Å². The second-order valence-electron chi connectivity index (χ2n) is 10.3. The van der Waals surface area contributed by atoms with Crippen LogP contribution in [-0.2, 0) is 0 Å². The van der Waals surface area contributed by atoms with E-state index in [0.29, 0.717) is 0 Å². The highest BCUT2D eigenvalue weighted by molar-refractivity contribution is 6.14. The van der Waals surface area contributed by atoms with Crippen molar-refractivity contribution in [3.63, 3.8) is 0 Å². The molecule has 0 spiro atoms. The largest absolute Gasteiger partial charge is 0.343 e. The van der Waals surface area contributed by atoms with Crippen LogP contribution in [0.25, 0.3) is 55.0 Å². The van der Waals surface area contributed by atoms with Crippen LogP contribution in [-0.4, -0.2) is 16.2 Å². The Morgan fingerprint density at radius 3 is 1.50 bits per heavy atom. The Hall–Kier alpha value is -5.28. The summed E-state index contributed by atoms with van der Waals surface area (Å²) in [4.78, 5) is 2.30. The number of hydrogen-bond donors (Lipinski definition) is 0. The molecule has 3 nitrogen and oxygen atoms in total. The van der Waals surface area contributed by atoms with Gasteiger partial charge in [0.25, 0.3) is 0 Å². The molecular weight excluding hydrogens is 486 g/mol. The van der Waals surface area contributed by atoms with Gasteiger partial charge in [0.15, 0.2) is 0 Å². The van der Waals surface area contributed by atoms with Crippen molar-refractivity contribution in [2.75, 3.05) is 11.9 Å². The number of hydrogen-bond acceptors (Lipinski definition) is 1. The molecule has 40 heavy (non-hydrogen) atoms. The molecule has 0 radical (unpaired) electrons. The molecule has 0 atom stereocenters. The fourth-order valence-corrected chi connectivity index (χ4v) is 6.28. The van der Waals surface area contributed by atoms with Crippen LogP contribution in [0, 0.1) is 0 Å². The van der Waals surface area contributed by atoms with Crippen LogP contribution in [0.5, 0.6) is 0 Å². The third kappa shape index (κ3) is 3.31. The monoisotopic (exact) mass is 513 g/mol. The molecule has 0 saturated heterocycles. The molecule has 0 aliphatic carbocycles. The first kappa shape index (κ1) is 22.7. The minimum absolute atomic E-state index is 1.14. The molecule has 2 heterocycles. The molecule has 0 aliphatic heterocycles. The summed E-state index contributed by atoms with van der Waals surface area (Å²) >= 11 is 0. The smallest absolute Gasteiger partial charge is 0.0778 e. The van der Waals surface area contributed by atoms with E-state index in [1.165, 1.54) is 49.3 Å². The lowest BCUT2D eigenvalue weighted by atomic mass is 10.1. The van der Waals surface area contributed by atoms with Gasteiger partial charge in [0, 0.05) is 45.7 Å².